The lowest BCUT2D eigenvalue weighted by Crippen LogP contribution is -2.18. The average Bonchev–Trinajstić information content (AvgIpc) is 2.45. The van der Waals surface area contributed by atoms with Gasteiger partial charge >= 0.3 is 0 Å². The van der Waals surface area contributed by atoms with Crippen LogP contribution in [0.4, 0.5) is 0 Å². The van der Waals surface area contributed by atoms with Crippen molar-refractivity contribution in [2.75, 3.05) is 33.5 Å². The van der Waals surface area contributed by atoms with Crippen molar-refractivity contribution >= 4 is 5.84 Å². The molecule has 0 aliphatic rings. The van der Waals surface area contributed by atoms with Gasteiger partial charge in [0.15, 0.2) is 5.84 Å². The van der Waals surface area contributed by atoms with Crippen LogP contribution in [0.5, 0.6) is 5.75 Å². The smallest absolute Gasteiger partial charge is 0.175 e. The van der Waals surface area contributed by atoms with Crippen LogP contribution in [0.3, 0.4) is 0 Å². The topological polar surface area (TPSA) is 99.2 Å². The third-order valence-corrected chi connectivity index (χ3v) is 2.78. The fourth-order valence-corrected chi connectivity index (χ4v) is 1.86. The standard InChI is InChI=1S/C14H23N3O4/c1-10-9-12(13(11(2)16-10)14(15)17-18)21-6-4-5-20-8-7-19-3/h9,18H,4-8H2,1-3H3,(H2,15,17). The number of hydrogen-bond acceptors (Lipinski definition) is 6. The molecule has 1 heterocycles. The SMILES string of the molecule is COCCOCCCOc1cc(C)nc(C)c1/C(N)=N/O. The summed E-state index contributed by atoms with van der Waals surface area (Å²) in [6.07, 6.45) is 0.736. The summed E-state index contributed by atoms with van der Waals surface area (Å²) in [5.41, 5.74) is 7.67. The maximum absolute atomic E-state index is 8.85. The number of methoxy groups -OCH3 is 1. The van der Waals surface area contributed by atoms with E-state index in [4.69, 9.17) is 25.2 Å². The second-order valence-corrected chi connectivity index (χ2v) is 4.51. The molecule has 21 heavy (non-hydrogen) atoms. The van der Waals surface area contributed by atoms with Crippen LogP contribution in [0.25, 0.3) is 0 Å². The quantitative estimate of drug-likeness (QED) is 0.234. The summed E-state index contributed by atoms with van der Waals surface area (Å²) in [5, 5.41) is 11.9. The summed E-state index contributed by atoms with van der Waals surface area (Å²) >= 11 is 0. The molecule has 0 saturated carbocycles. The van der Waals surface area contributed by atoms with Crippen molar-refractivity contribution in [3.8, 4) is 5.75 Å². The molecule has 1 rings (SSSR count). The molecular weight excluding hydrogens is 274 g/mol. The number of aromatic nitrogens is 1. The molecule has 0 unspecified atom stereocenters. The van der Waals surface area contributed by atoms with E-state index >= 15 is 0 Å². The van der Waals surface area contributed by atoms with Crippen LogP contribution in [0, 0.1) is 13.8 Å². The van der Waals surface area contributed by atoms with Crippen LogP contribution < -0.4 is 10.5 Å². The zero-order valence-electron chi connectivity index (χ0n) is 12.8. The average molecular weight is 297 g/mol. The Labute approximate surface area is 124 Å². The Balaban J connectivity index is 2.58. The van der Waals surface area contributed by atoms with E-state index in [1.807, 2.05) is 6.92 Å². The van der Waals surface area contributed by atoms with Crippen LogP contribution in [0.15, 0.2) is 11.2 Å². The molecule has 0 amide bonds. The maximum atomic E-state index is 8.85. The number of amidine groups is 1. The molecular formula is C14H23N3O4. The first-order chi connectivity index (χ1) is 10.1. The number of hydrogen-bond donors (Lipinski definition) is 2. The van der Waals surface area contributed by atoms with Gasteiger partial charge in [0.2, 0.25) is 0 Å². The van der Waals surface area contributed by atoms with Crippen LogP contribution in [-0.4, -0.2) is 49.6 Å². The summed E-state index contributed by atoms with van der Waals surface area (Å²) in [4.78, 5) is 4.29. The zero-order valence-corrected chi connectivity index (χ0v) is 12.8. The predicted octanol–water partition coefficient (Wildman–Crippen LogP) is 1.22. The highest BCUT2D eigenvalue weighted by atomic mass is 16.5. The molecule has 7 nitrogen and oxygen atoms in total. The molecule has 0 bridgehead atoms. The Morgan fingerprint density at radius 3 is 2.71 bits per heavy atom. The Morgan fingerprint density at radius 1 is 1.29 bits per heavy atom. The van der Waals surface area contributed by atoms with E-state index in [0.29, 0.717) is 43.4 Å². The number of aryl methyl sites for hydroxylation is 2. The van der Waals surface area contributed by atoms with Crippen molar-refractivity contribution in [1.82, 2.24) is 4.98 Å². The lowest BCUT2D eigenvalue weighted by Gasteiger charge is -2.13. The first kappa shape index (κ1) is 17.2. The molecule has 0 spiro atoms. The lowest BCUT2D eigenvalue weighted by atomic mass is 10.1. The van der Waals surface area contributed by atoms with Gasteiger partial charge in [-0.3, -0.25) is 4.98 Å². The second-order valence-electron chi connectivity index (χ2n) is 4.51. The molecule has 0 aromatic carbocycles. The van der Waals surface area contributed by atoms with E-state index in [1.54, 1.807) is 20.1 Å². The molecule has 3 N–H and O–H groups in total. The minimum atomic E-state index is -0.00801. The molecule has 1 aromatic heterocycles. The molecule has 0 aliphatic heterocycles. The number of nitrogens with zero attached hydrogens (tertiary/aromatic N) is 2. The van der Waals surface area contributed by atoms with E-state index in [9.17, 15) is 0 Å². The van der Waals surface area contributed by atoms with Gasteiger partial charge in [0.1, 0.15) is 5.75 Å². The van der Waals surface area contributed by atoms with Crippen molar-refractivity contribution < 1.29 is 19.4 Å². The van der Waals surface area contributed by atoms with Gasteiger partial charge in [0.05, 0.1) is 31.1 Å². The minimum absolute atomic E-state index is 0.00801. The highest BCUT2D eigenvalue weighted by Crippen LogP contribution is 2.22. The fraction of sp³-hybridized carbons (Fsp3) is 0.571. The van der Waals surface area contributed by atoms with Crippen LogP contribution in [0.1, 0.15) is 23.4 Å². The highest BCUT2D eigenvalue weighted by Gasteiger charge is 2.14. The fourth-order valence-electron chi connectivity index (χ4n) is 1.86. The van der Waals surface area contributed by atoms with Gasteiger partial charge in [0.25, 0.3) is 0 Å². The van der Waals surface area contributed by atoms with E-state index < -0.39 is 0 Å². The third kappa shape index (κ3) is 5.57. The van der Waals surface area contributed by atoms with Gasteiger partial charge in [-0.25, -0.2) is 0 Å². The number of nitrogens with two attached hydrogens (primary N) is 1. The van der Waals surface area contributed by atoms with Crippen molar-refractivity contribution in [3.63, 3.8) is 0 Å². The lowest BCUT2D eigenvalue weighted by molar-refractivity contribution is 0.0644. The van der Waals surface area contributed by atoms with Crippen molar-refractivity contribution in [2.45, 2.75) is 20.3 Å². The van der Waals surface area contributed by atoms with Crippen LogP contribution >= 0.6 is 0 Å². The Morgan fingerprint density at radius 2 is 2.05 bits per heavy atom. The minimum Gasteiger partial charge on any atom is -0.493 e. The number of ether oxygens (including phenoxy) is 3. The maximum Gasteiger partial charge on any atom is 0.175 e. The Kier molecular flexibility index (Phi) is 7.49. The van der Waals surface area contributed by atoms with Crippen LogP contribution in [0.2, 0.25) is 0 Å². The van der Waals surface area contributed by atoms with Gasteiger partial charge in [-0.2, -0.15) is 0 Å². The molecule has 118 valence electrons. The van der Waals surface area contributed by atoms with E-state index in [2.05, 4.69) is 10.1 Å². The zero-order chi connectivity index (χ0) is 15.7. The van der Waals surface area contributed by atoms with E-state index in [1.165, 1.54) is 0 Å². The summed E-state index contributed by atoms with van der Waals surface area (Å²) in [6.45, 7) is 5.87. The molecule has 0 aliphatic carbocycles. The van der Waals surface area contributed by atoms with Crippen molar-refractivity contribution in [2.24, 2.45) is 10.9 Å². The summed E-state index contributed by atoms with van der Waals surface area (Å²) in [7, 11) is 1.63. The van der Waals surface area contributed by atoms with Gasteiger partial charge < -0.3 is 25.2 Å². The van der Waals surface area contributed by atoms with Gasteiger partial charge in [-0.15, -0.1) is 0 Å². The van der Waals surface area contributed by atoms with E-state index in [0.717, 1.165) is 12.1 Å². The third-order valence-electron chi connectivity index (χ3n) is 2.78. The second kappa shape index (κ2) is 9.15. The van der Waals surface area contributed by atoms with Gasteiger partial charge in [-0.1, -0.05) is 5.16 Å². The molecule has 1 aromatic rings. The molecule has 0 atom stereocenters. The van der Waals surface area contributed by atoms with Crippen molar-refractivity contribution in [3.05, 3.63) is 23.0 Å². The number of rotatable bonds is 9. The van der Waals surface area contributed by atoms with Gasteiger partial charge in [0, 0.05) is 31.9 Å². The molecule has 0 fully saturated rings. The molecule has 0 radical (unpaired) electrons. The predicted molar refractivity (Wildman–Crippen MR) is 79.0 cm³/mol. The molecule has 7 heteroatoms. The first-order valence-corrected chi connectivity index (χ1v) is 6.75. The van der Waals surface area contributed by atoms with E-state index in [-0.39, 0.29) is 5.84 Å². The number of oxime groups is 1. The highest BCUT2D eigenvalue weighted by molar-refractivity contribution is 6.00. The van der Waals surface area contributed by atoms with Gasteiger partial charge in [-0.05, 0) is 13.8 Å². The summed E-state index contributed by atoms with van der Waals surface area (Å²) in [5.74, 6) is 0.554. The Hall–Kier alpha value is -1.86. The normalized spacial score (nSPS) is 11.7. The Bertz CT molecular complexity index is 478. The monoisotopic (exact) mass is 297 g/mol. The number of pyridine rings is 1. The summed E-state index contributed by atoms with van der Waals surface area (Å²) < 4.78 is 15.9. The van der Waals surface area contributed by atoms with Crippen LogP contribution in [-0.2, 0) is 9.47 Å². The largest absolute Gasteiger partial charge is 0.493 e. The summed E-state index contributed by atoms with van der Waals surface area (Å²) in [6, 6.07) is 1.77. The van der Waals surface area contributed by atoms with Crippen molar-refractivity contribution in [1.29, 1.82) is 0 Å². The molecule has 0 saturated heterocycles. The first-order valence-electron chi connectivity index (χ1n) is 6.75.